The van der Waals surface area contributed by atoms with Crippen molar-refractivity contribution >= 4 is 0 Å². The van der Waals surface area contributed by atoms with Gasteiger partial charge in [0.1, 0.15) is 13.2 Å². The van der Waals surface area contributed by atoms with Crippen LogP contribution in [0.3, 0.4) is 0 Å². The lowest BCUT2D eigenvalue weighted by Crippen LogP contribution is -2.15. The van der Waals surface area contributed by atoms with Gasteiger partial charge in [0, 0.05) is 18.4 Å². The Kier molecular flexibility index (Phi) is 3.13. The van der Waals surface area contributed by atoms with E-state index in [1.165, 1.54) is 0 Å². The van der Waals surface area contributed by atoms with Gasteiger partial charge in [-0.2, -0.15) is 5.10 Å². The molecule has 1 N–H and O–H groups in total. The molecule has 5 nitrogen and oxygen atoms in total. The van der Waals surface area contributed by atoms with Crippen molar-refractivity contribution in [3.05, 3.63) is 29.6 Å². The Morgan fingerprint density at radius 1 is 1.26 bits per heavy atom. The Labute approximate surface area is 111 Å². The summed E-state index contributed by atoms with van der Waals surface area (Å²) in [7, 11) is 1.66. The van der Waals surface area contributed by atoms with Crippen LogP contribution in [0.4, 0.5) is 0 Å². The van der Waals surface area contributed by atoms with Crippen LogP contribution in [0.15, 0.2) is 18.2 Å². The summed E-state index contributed by atoms with van der Waals surface area (Å²) >= 11 is 0. The molecule has 0 atom stereocenters. The highest BCUT2D eigenvalue weighted by Crippen LogP contribution is 2.36. The van der Waals surface area contributed by atoms with Crippen molar-refractivity contribution in [1.29, 1.82) is 0 Å². The quantitative estimate of drug-likeness (QED) is 0.920. The second-order valence-electron chi connectivity index (χ2n) is 4.46. The summed E-state index contributed by atoms with van der Waals surface area (Å²) in [5.74, 6) is 1.58. The van der Waals surface area contributed by atoms with E-state index in [2.05, 4.69) is 10.2 Å². The van der Waals surface area contributed by atoms with Crippen LogP contribution in [0.5, 0.6) is 11.5 Å². The van der Waals surface area contributed by atoms with Gasteiger partial charge in [0.05, 0.1) is 12.3 Å². The fourth-order valence-electron chi connectivity index (χ4n) is 2.30. The largest absolute Gasteiger partial charge is 0.486 e. The number of methoxy groups -OCH3 is 1. The maximum absolute atomic E-state index is 5.62. The second kappa shape index (κ2) is 4.93. The summed E-state index contributed by atoms with van der Waals surface area (Å²) in [4.78, 5) is 0. The minimum atomic E-state index is 0.480. The number of aromatic nitrogens is 2. The van der Waals surface area contributed by atoms with E-state index in [1.807, 2.05) is 25.1 Å². The third-order valence-corrected chi connectivity index (χ3v) is 3.13. The molecule has 100 valence electrons. The first-order valence-electron chi connectivity index (χ1n) is 6.22. The second-order valence-corrected chi connectivity index (χ2v) is 4.46. The molecule has 19 heavy (non-hydrogen) atoms. The molecule has 2 heterocycles. The first-order chi connectivity index (χ1) is 9.29. The van der Waals surface area contributed by atoms with E-state index >= 15 is 0 Å². The minimum Gasteiger partial charge on any atom is -0.486 e. The highest BCUT2D eigenvalue weighted by molar-refractivity contribution is 5.71. The first kappa shape index (κ1) is 12.0. The van der Waals surface area contributed by atoms with Crippen LogP contribution in [-0.2, 0) is 11.3 Å². The molecule has 5 heteroatoms. The SMILES string of the molecule is COCc1n[nH]c(C)c1-c1ccc2c(c1)OCCO2. The van der Waals surface area contributed by atoms with E-state index < -0.39 is 0 Å². The Balaban J connectivity index is 2.04. The van der Waals surface area contributed by atoms with E-state index in [4.69, 9.17) is 14.2 Å². The van der Waals surface area contributed by atoms with Gasteiger partial charge in [-0.15, -0.1) is 0 Å². The van der Waals surface area contributed by atoms with Crippen LogP contribution in [0, 0.1) is 6.92 Å². The molecule has 2 aromatic rings. The van der Waals surface area contributed by atoms with E-state index in [0.717, 1.165) is 34.0 Å². The molecule has 0 spiro atoms. The van der Waals surface area contributed by atoms with Crippen molar-refractivity contribution in [2.45, 2.75) is 13.5 Å². The molecule has 1 aromatic heterocycles. The number of aryl methyl sites for hydroxylation is 1. The summed E-state index contributed by atoms with van der Waals surface area (Å²) < 4.78 is 16.3. The third-order valence-electron chi connectivity index (χ3n) is 3.13. The summed E-state index contributed by atoms with van der Waals surface area (Å²) in [5, 5.41) is 7.27. The first-order valence-corrected chi connectivity index (χ1v) is 6.22. The van der Waals surface area contributed by atoms with Crippen molar-refractivity contribution in [3.63, 3.8) is 0 Å². The average Bonchev–Trinajstić information content (AvgIpc) is 2.80. The number of hydrogen-bond acceptors (Lipinski definition) is 4. The van der Waals surface area contributed by atoms with Crippen LogP contribution >= 0.6 is 0 Å². The third kappa shape index (κ3) is 2.17. The number of rotatable bonds is 3. The maximum atomic E-state index is 5.62. The topological polar surface area (TPSA) is 56.4 Å². The molecule has 1 aliphatic heterocycles. The zero-order chi connectivity index (χ0) is 13.2. The molecule has 0 unspecified atom stereocenters. The maximum Gasteiger partial charge on any atom is 0.161 e. The number of benzene rings is 1. The van der Waals surface area contributed by atoms with Gasteiger partial charge in [-0.1, -0.05) is 6.07 Å². The molecule has 0 saturated carbocycles. The molecule has 1 aromatic carbocycles. The number of fused-ring (bicyclic) bond motifs is 1. The molecule has 1 aliphatic rings. The van der Waals surface area contributed by atoms with Gasteiger partial charge < -0.3 is 14.2 Å². The normalized spacial score (nSPS) is 13.6. The van der Waals surface area contributed by atoms with Gasteiger partial charge in [-0.25, -0.2) is 0 Å². The van der Waals surface area contributed by atoms with Crippen LogP contribution in [-0.4, -0.2) is 30.5 Å². The van der Waals surface area contributed by atoms with Crippen LogP contribution < -0.4 is 9.47 Å². The van der Waals surface area contributed by atoms with E-state index in [-0.39, 0.29) is 0 Å². The molecule has 0 radical (unpaired) electrons. The number of aromatic amines is 1. The van der Waals surface area contributed by atoms with Crippen molar-refractivity contribution in [1.82, 2.24) is 10.2 Å². The fraction of sp³-hybridized carbons (Fsp3) is 0.357. The van der Waals surface area contributed by atoms with Crippen LogP contribution in [0.25, 0.3) is 11.1 Å². The van der Waals surface area contributed by atoms with Crippen molar-refractivity contribution in [3.8, 4) is 22.6 Å². The number of nitrogens with one attached hydrogen (secondary N) is 1. The van der Waals surface area contributed by atoms with Gasteiger partial charge >= 0.3 is 0 Å². The molecular formula is C14H16N2O3. The zero-order valence-corrected chi connectivity index (χ0v) is 11.0. The fourth-order valence-corrected chi connectivity index (χ4v) is 2.30. The Morgan fingerprint density at radius 2 is 2.05 bits per heavy atom. The number of nitrogens with zero attached hydrogens (tertiary/aromatic N) is 1. The average molecular weight is 260 g/mol. The Hall–Kier alpha value is -2.01. The lowest BCUT2D eigenvalue weighted by atomic mass is 10.0. The van der Waals surface area contributed by atoms with E-state index in [9.17, 15) is 0 Å². The highest BCUT2D eigenvalue weighted by atomic mass is 16.6. The van der Waals surface area contributed by atoms with Crippen molar-refractivity contribution in [2.24, 2.45) is 0 Å². The number of H-pyrrole nitrogens is 1. The van der Waals surface area contributed by atoms with Gasteiger partial charge in [-0.05, 0) is 24.6 Å². The van der Waals surface area contributed by atoms with Crippen molar-refractivity contribution in [2.75, 3.05) is 20.3 Å². The lowest BCUT2D eigenvalue weighted by molar-refractivity contribution is 0.171. The smallest absolute Gasteiger partial charge is 0.161 e. The van der Waals surface area contributed by atoms with Gasteiger partial charge in [0.15, 0.2) is 11.5 Å². The molecule has 0 fully saturated rings. The Bertz CT molecular complexity index is 592. The summed E-state index contributed by atoms with van der Waals surface area (Å²) in [6, 6.07) is 5.95. The molecule has 0 aliphatic carbocycles. The molecular weight excluding hydrogens is 244 g/mol. The monoisotopic (exact) mass is 260 g/mol. The zero-order valence-electron chi connectivity index (χ0n) is 11.0. The summed E-state index contributed by atoms with van der Waals surface area (Å²) in [6.07, 6.45) is 0. The van der Waals surface area contributed by atoms with E-state index in [0.29, 0.717) is 19.8 Å². The van der Waals surface area contributed by atoms with Gasteiger partial charge in [0.25, 0.3) is 0 Å². The van der Waals surface area contributed by atoms with E-state index in [1.54, 1.807) is 7.11 Å². The lowest BCUT2D eigenvalue weighted by Gasteiger charge is -2.19. The molecule has 3 rings (SSSR count). The number of ether oxygens (including phenoxy) is 3. The minimum absolute atomic E-state index is 0.480. The summed E-state index contributed by atoms with van der Waals surface area (Å²) in [6.45, 7) is 3.67. The Morgan fingerprint density at radius 3 is 2.84 bits per heavy atom. The van der Waals surface area contributed by atoms with Crippen LogP contribution in [0.1, 0.15) is 11.4 Å². The predicted octanol–water partition coefficient (Wildman–Crippen LogP) is 2.30. The van der Waals surface area contributed by atoms with Gasteiger partial charge in [0.2, 0.25) is 0 Å². The van der Waals surface area contributed by atoms with Crippen molar-refractivity contribution < 1.29 is 14.2 Å². The molecule has 0 saturated heterocycles. The van der Waals surface area contributed by atoms with Gasteiger partial charge in [-0.3, -0.25) is 5.10 Å². The number of hydrogen-bond donors (Lipinski definition) is 1. The highest BCUT2D eigenvalue weighted by Gasteiger charge is 2.17. The predicted molar refractivity (Wildman–Crippen MR) is 70.5 cm³/mol. The standard InChI is InChI=1S/C14H16N2O3/c1-9-14(11(8-17-2)16-15-9)10-3-4-12-13(7-10)19-6-5-18-12/h3-4,7H,5-6,8H2,1-2H3,(H,15,16). The molecule has 0 bridgehead atoms. The van der Waals surface area contributed by atoms with Crippen LogP contribution in [0.2, 0.25) is 0 Å². The summed E-state index contributed by atoms with van der Waals surface area (Å²) in [5.41, 5.74) is 4.04. The molecule has 0 amide bonds.